The highest BCUT2D eigenvalue weighted by molar-refractivity contribution is 8.15. The van der Waals surface area contributed by atoms with Gasteiger partial charge in [-0.2, -0.15) is 0 Å². The van der Waals surface area contributed by atoms with Crippen LogP contribution < -0.4 is 8.45 Å². The lowest BCUT2D eigenvalue weighted by Gasteiger charge is -2.20. The van der Waals surface area contributed by atoms with Gasteiger partial charge in [0.15, 0.2) is 0 Å². The largest absolute Gasteiger partial charge is 0.491 e. The Hall–Kier alpha value is -2.18. The Labute approximate surface area is 209 Å². The quantitative estimate of drug-likeness (QED) is 0.277. The number of aliphatic hydroxyl groups is 1. The number of nitrogens with zero attached hydrogens (tertiary/aromatic N) is 2. The molecule has 0 saturated heterocycles. The van der Waals surface area contributed by atoms with Gasteiger partial charge in [-0.1, -0.05) is 23.9 Å². The van der Waals surface area contributed by atoms with Crippen LogP contribution in [0.4, 0.5) is 5.69 Å². The van der Waals surface area contributed by atoms with Gasteiger partial charge < -0.3 is 19.6 Å². The molecule has 2 heterocycles. The van der Waals surface area contributed by atoms with Gasteiger partial charge in [0.2, 0.25) is 0 Å². The topological polar surface area (TPSA) is 104 Å². The summed E-state index contributed by atoms with van der Waals surface area (Å²) in [5.41, 5.74) is 2.57. The molecule has 1 aromatic heterocycles. The molecule has 0 spiro atoms. The molecule has 2 N–H and O–H groups in total. The Kier molecular flexibility index (Phi) is 7.78. The highest BCUT2D eigenvalue weighted by Gasteiger charge is 2.27. The number of fused-ring (bicyclic) bond motifs is 1. The van der Waals surface area contributed by atoms with Crippen molar-refractivity contribution in [3.8, 4) is 5.75 Å². The van der Waals surface area contributed by atoms with E-state index in [2.05, 4.69) is 22.8 Å². The number of hydrogen-bond donors (Lipinski definition) is 3. The van der Waals surface area contributed by atoms with Crippen LogP contribution in [0.15, 0.2) is 52.4 Å². The van der Waals surface area contributed by atoms with E-state index >= 15 is 0 Å². The maximum Gasteiger partial charge on any atom is 0.273 e. The average Bonchev–Trinajstić information content (AvgIpc) is 3.45. The Morgan fingerprint density at radius 2 is 2.09 bits per heavy atom. The Bertz CT molecular complexity index is 1310. The summed E-state index contributed by atoms with van der Waals surface area (Å²) in [7, 11) is -2.35. The predicted molar refractivity (Wildman–Crippen MR) is 140 cm³/mol. The fraction of sp³-hybridized carbons (Fsp3) is 0.348. The first-order chi connectivity index (χ1) is 16.3. The van der Waals surface area contributed by atoms with E-state index in [1.54, 1.807) is 43.1 Å². The van der Waals surface area contributed by atoms with Gasteiger partial charge >= 0.3 is 0 Å². The van der Waals surface area contributed by atoms with Gasteiger partial charge in [-0.25, -0.2) is 12.1 Å². The van der Waals surface area contributed by atoms with Gasteiger partial charge in [-0.15, -0.1) is 0 Å². The monoisotopic (exact) mass is 521 g/mol. The van der Waals surface area contributed by atoms with Gasteiger partial charge in [0, 0.05) is 30.4 Å². The lowest BCUT2D eigenvalue weighted by Crippen LogP contribution is -2.22. The van der Waals surface area contributed by atoms with Crippen LogP contribution in [-0.4, -0.2) is 62.3 Å². The van der Waals surface area contributed by atoms with Crippen LogP contribution in [0, 0.1) is 6.92 Å². The number of benzene rings is 2. The number of rotatable bonds is 10. The predicted octanol–water partition coefficient (Wildman–Crippen LogP) is 3.79. The number of aliphatic hydroxyl groups excluding tert-OH is 1. The minimum Gasteiger partial charge on any atom is -0.491 e. The first-order valence-corrected chi connectivity index (χ1v) is 13.5. The molecule has 182 valence electrons. The molecule has 2 aromatic carbocycles. The summed E-state index contributed by atoms with van der Waals surface area (Å²) in [5.74, 6) is 0.503. The molecule has 0 fully saturated rings. The number of sulfonamides is 1. The second-order valence-electron chi connectivity index (χ2n) is 7.89. The molecular weight excluding hydrogens is 494 g/mol. The van der Waals surface area contributed by atoms with E-state index in [1.165, 1.54) is 0 Å². The fourth-order valence-corrected chi connectivity index (χ4v) is 6.36. The molecule has 34 heavy (non-hydrogen) atoms. The summed E-state index contributed by atoms with van der Waals surface area (Å²) >= 11 is 6.02. The molecule has 0 amide bonds. The number of thiol groups is 1. The van der Waals surface area contributed by atoms with Gasteiger partial charge in [0.25, 0.3) is 10.0 Å². The van der Waals surface area contributed by atoms with Crippen molar-refractivity contribution in [1.29, 1.82) is 0 Å². The van der Waals surface area contributed by atoms with Crippen molar-refractivity contribution in [2.24, 2.45) is 4.99 Å². The first-order valence-electron chi connectivity index (χ1n) is 10.7. The maximum atomic E-state index is 13.4. The zero-order valence-electron chi connectivity index (χ0n) is 18.9. The normalized spacial score (nSPS) is 16.1. The van der Waals surface area contributed by atoms with E-state index in [1.807, 2.05) is 25.1 Å². The van der Waals surface area contributed by atoms with Crippen LogP contribution >= 0.6 is 24.6 Å². The Balaban J connectivity index is 1.76. The number of thioether (sulfide) groups is 1. The third kappa shape index (κ3) is 5.23. The van der Waals surface area contributed by atoms with E-state index in [4.69, 9.17) is 9.47 Å². The molecular formula is C23H27N3O5S3. The van der Waals surface area contributed by atoms with Crippen molar-refractivity contribution < 1.29 is 23.0 Å². The zero-order chi connectivity index (χ0) is 24.3. The van der Waals surface area contributed by atoms with E-state index < -0.39 is 10.0 Å². The number of aromatic amines is 1. The van der Waals surface area contributed by atoms with Crippen molar-refractivity contribution in [3.05, 3.63) is 53.7 Å². The number of aliphatic imine (C=N–C) groups is 1. The number of ether oxygens (including phenoxy) is 2. The van der Waals surface area contributed by atoms with Gasteiger partial charge in [0.05, 0.1) is 34.9 Å². The molecule has 0 radical (unpaired) electrons. The third-order valence-electron chi connectivity index (χ3n) is 5.36. The number of aromatic nitrogens is 1. The molecule has 8 nitrogen and oxygen atoms in total. The molecule has 4 rings (SSSR count). The number of nitrogens with one attached hydrogen (secondary N) is 1. The van der Waals surface area contributed by atoms with E-state index in [0.717, 1.165) is 25.4 Å². The summed E-state index contributed by atoms with van der Waals surface area (Å²) in [5, 5.41) is 11.1. The molecule has 0 bridgehead atoms. The Morgan fingerprint density at radius 1 is 1.26 bits per heavy atom. The van der Waals surface area contributed by atoms with Crippen LogP contribution in [-0.2, 0) is 14.8 Å². The second-order valence-corrected chi connectivity index (χ2v) is 11.6. The molecule has 3 aromatic rings. The van der Waals surface area contributed by atoms with E-state index in [9.17, 15) is 13.5 Å². The summed E-state index contributed by atoms with van der Waals surface area (Å²) in [6.07, 6.45) is 0.666. The van der Waals surface area contributed by atoms with Gasteiger partial charge in [-0.05, 0) is 56.0 Å². The van der Waals surface area contributed by atoms with Crippen molar-refractivity contribution >= 4 is 56.2 Å². The highest BCUT2D eigenvalue weighted by atomic mass is 32.3. The van der Waals surface area contributed by atoms with Crippen LogP contribution in [0.25, 0.3) is 10.9 Å². The smallest absolute Gasteiger partial charge is 0.273 e. The molecule has 0 aliphatic carbocycles. The van der Waals surface area contributed by atoms with Gasteiger partial charge in [0.1, 0.15) is 17.4 Å². The molecule has 1 atom stereocenters. The molecule has 1 aliphatic heterocycles. The number of H-pyrrole nitrogens is 1. The molecule has 0 saturated carbocycles. The van der Waals surface area contributed by atoms with E-state index in [-0.39, 0.29) is 16.8 Å². The SMILES string of the molecule is COCCOc1cc(N(S)S(=O)(=O)c2cccc(C)c2)c2[nH]c(C3=NCC(CCO)S3)cc2c1. The lowest BCUT2D eigenvalue weighted by atomic mass is 10.2. The van der Waals surface area contributed by atoms with Crippen LogP contribution in [0.3, 0.4) is 0 Å². The minimum absolute atomic E-state index is 0.116. The summed E-state index contributed by atoms with van der Waals surface area (Å²) in [6.45, 7) is 3.31. The van der Waals surface area contributed by atoms with Crippen LogP contribution in [0.2, 0.25) is 0 Å². The minimum atomic E-state index is -3.94. The lowest BCUT2D eigenvalue weighted by molar-refractivity contribution is 0.146. The van der Waals surface area contributed by atoms with Crippen molar-refractivity contribution in [3.63, 3.8) is 0 Å². The molecule has 1 unspecified atom stereocenters. The average molecular weight is 522 g/mol. The Morgan fingerprint density at radius 3 is 2.82 bits per heavy atom. The molecule has 1 aliphatic rings. The first kappa shape index (κ1) is 24.9. The van der Waals surface area contributed by atoms with E-state index in [0.29, 0.717) is 43.1 Å². The third-order valence-corrected chi connectivity index (χ3v) is 9.01. The van der Waals surface area contributed by atoms with Gasteiger partial charge in [-0.3, -0.25) is 4.99 Å². The summed E-state index contributed by atoms with van der Waals surface area (Å²) in [6, 6.07) is 12.1. The van der Waals surface area contributed by atoms with Crippen LogP contribution in [0.5, 0.6) is 5.75 Å². The maximum absolute atomic E-state index is 13.4. The number of methoxy groups -OCH3 is 1. The highest BCUT2D eigenvalue weighted by Crippen LogP contribution is 2.38. The van der Waals surface area contributed by atoms with Crippen molar-refractivity contribution in [1.82, 2.24) is 4.98 Å². The second kappa shape index (κ2) is 10.6. The number of anilines is 1. The number of hydrogen-bond acceptors (Lipinski definition) is 8. The number of aryl methyl sites for hydroxylation is 1. The van der Waals surface area contributed by atoms with Crippen molar-refractivity contribution in [2.75, 3.05) is 37.2 Å². The summed E-state index contributed by atoms with van der Waals surface area (Å²) in [4.78, 5) is 8.08. The standard InChI is InChI=1S/C23H27N3O5S3/c1-15-4-3-5-19(10-15)34(28,29)26(32)21-13-17(31-9-8-30-2)11-16-12-20(25-22(16)21)23-24-14-18(33-23)6-7-27/h3-5,10-13,18,25,27,32H,6-9,14H2,1-2H3. The van der Waals surface area contributed by atoms with Crippen LogP contribution in [0.1, 0.15) is 17.7 Å². The summed E-state index contributed by atoms with van der Waals surface area (Å²) < 4.78 is 38.7. The fourth-order valence-electron chi connectivity index (χ4n) is 3.66. The van der Waals surface area contributed by atoms with Crippen molar-refractivity contribution in [2.45, 2.75) is 23.5 Å². The molecule has 11 heteroatoms. The zero-order valence-corrected chi connectivity index (χ0v) is 21.4.